The van der Waals surface area contributed by atoms with Crippen molar-refractivity contribution in [2.45, 2.75) is 77.3 Å². The summed E-state index contributed by atoms with van der Waals surface area (Å²) in [6.07, 6.45) is 1.60. The predicted octanol–water partition coefficient (Wildman–Crippen LogP) is 7.17. The third-order valence-corrected chi connectivity index (χ3v) is 11.0. The van der Waals surface area contributed by atoms with E-state index in [0.29, 0.717) is 25.7 Å². The zero-order valence-corrected chi connectivity index (χ0v) is 28.4. The average molecular weight is 691 g/mol. The number of hydrogen-bond acceptors (Lipinski definition) is 6. The average Bonchev–Trinajstić information content (AvgIpc) is 4.00. The molecule has 0 aromatic heterocycles. The van der Waals surface area contributed by atoms with E-state index in [2.05, 4.69) is 0 Å². The van der Waals surface area contributed by atoms with Crippen LogP contribution >= 0.6 is 12.2 Å². The zero-order chi connectivity index (χ0) is 35.1. The predicted molar refractivity (Wildman–Crippen MR) is 174 cm³/mol. The van der Waals surface area contributed by atoms with Crippen LogP contribution in [0.2, 0.25) is 0 Å². The van der Waals surface area contributed by atoms with Crippen molar-refractivity contribution in [1.82, 2.24) is 9.80 Å². The molecule has 0 N–H and O–H groups in total. The van der Waals surface area contributed by atoms with E-state index in [1.54, 1.807) is 25.7 Å². The molecule has 0 bridgehead atoms. The molecule has 4 fully saturated rings. The number of nitrogens with zero attached hydrogens (tertiary/aromatic N) is 2. The lowest BCUT2D eigenvalue weighted by Crippen LogP contribution is -2.41. The highest BCUT2D eigenvalue weighted by Crippen LogP contribution is 2.61. The number of halogens is 4. The third kappa shape index (κ3) is 6.20. The molecule has 6 rings (SSSR count). The van der Waals surface area contributed by atoms with Crippen molar-refractivity contribution in [1.29, 1.82) is 0 Å². The first-order chi connectivity index (χ1) is 22.7. The van der Waals surface area contributed by atoms with Gasteiger partial charge in [0.25, 0.3) is 5.91 Å². The minimum atomic E-state index is -3.54. The van der Waals surface area contributed by atoms with Gasteiger partial charge in [0.05, 0.1) is 48.0 Å². The van der Waals surface area contributed by atoms with Gasteiger partial charge in [-0.1, -0.05) is 72.9 Å². The van der Waals surface area contributed by atoms with E-state index in [9.17, 15) is 31.9 Å². The Hall–Kier alpha value is -3.54. The molecule has 0 radical (unpaired) electrons. The van der Waals surface area contributed by atoms with Crippen LogP contribution in [-0.2, 0) is 23.9 Å². The molecule has 2 saturated heterocycles. The van der Waals surface area contributed by atoms with Gasteiger partial charge in [0.15, 0.2) is 0 Å². The van der Waals surface area contributed by atoms with Gasteiger partial charge in [0.2, 0.25) is 0 Å². The number of ether oxygens (including phenoxy) is 2. The highest BCUT2D eigenvalue weighted by molar-refractivity contribution is 7.80. The monoisotopic (exact) mass is 690 g/mol. The Morgan fingerprint density at radius 1 is 0.729 bits per heavy atom. The number of benzene rings is 2. The van der Waals surface area contributed by atoms with E-state index >= 15 is 0 Å². The molecule has 1 amide bonds. The van der Waals surface area contributed by atoms with Gasteiger partial charge in [-0.2, -0.15) is 17.6 Å². The van der Waals surface area contributed by atoms with Gasteiger partial charge in [-0.25, -0.2) is 0 Å². The van der Waals surface area contributed by atoms with Crippen LogP contribution in [0.15, 0.2) is 60.7 Å². The number of thiocarbonyl (C=S) groups is 1. The molecule has 12 heteroatoms. The van der Waals surface area contributed by atoms with Crippen LogP contribution in [0, 0.1) is 22.7 Å². The molecule has 2 aliphatic carbocycles. The Bertz CT molecular complexity index is 1400. The minimum Gasteiger partial charge on any atom is -0.466 e. The van der Waals surface area contributed by atoms with Crippen molar-refractivity contribution in [2.75, 3.05) is 26.3 Å². The number of esters is 2. The Morgan fingerprint density at radius 2 is 1.10 bits per heavy atom. The van der Waals surface area contributed by atoms with Crippen LogP contribution in [0.4, 0.5) is 17.6 Å². The quantitative estimate of drug-likeness (QED) is 0.149. The summed E-state index contributed by atoms with van der Waals surface area (Å²) in [6, 6.07) is 17.8. The molecule has 2 aromatic rings. The second-order valence-corrected chi connectivity index (χ2v) is 13.6. The molecular formula is C36H42F4N2O5S. The molecule has 0 spiro atoms. The van der Waals surface area contributed by atoms with E-state index < -0.39 is 58.4 Å². The van der Waals surface area contributed by atoms with E-state index in [4.69, 9.17) is 21.7 Å². The van der Waals surface area contributed by atoms with Gasteiger partial charge >= 0.3 is 23.8 Å². The van der Waals surface area contributed by atoms with Crippen molar-refractivity contribution in [3.05, 3.63) is 71.8 Å². The largest absolute Gasteiger partial charge is 0.466 e. The summed E-state index contributed by atoms with van der Waals surface area (Å²) in [6.45, 7) is 7.25. The lowest BCUT2D eigenvalue weighted by Gasteiger charge is -2.27. The Morgan fingerprint density at radius 3 is 1.50 bits per heavy atom. The van der Waals surface area contributed by atoms with Crippen molar-refractivity contribution in [2.24, 2.45) is 22.7 Å². The number of carbonyl (C=O) groups is 3. The topological polar surface area (TPSA) is 76.1 Å². The maximum atomic E-state index is 14.9. The zero-order valence-electron chi connectivity index (χ0n) is 27.6. The fourth-order valence-electron chi connectivity index (χ4n) is 7.21. The fourth-order valence-corrected chi connectivity index (χ4v) is 7.59. The van der Waals surface area contributed by atoms with E-state index in [1.807, 2.05) is 67.6 Å². The van der Waals surface area contributed by atoms with Crippen LogP contribution in [0.25, 0.3) is 0 Å². The van der Waals surface area contributed by atoms with Crippen molar-refractivity contribution < 1.29 is 41.4 Å². The molecule has 0 unspecified atom stereocenters. The highest BCUT2D eigenvalue weighted by Gasteiger charge is 2.72. The Labute approximate surface area is 283 Å². The van der Waals surface area contributed by atoms with Gasteiger partial charge < -0.3 is 19.3 Å². The molecule has 2 heterocycles. The summed E-state index contributed by atoms with van der Waals surface area (Å²) >= 11 is 5.10. The molecule has 7 nitrogen and oxygen atoms in total. The summed E-state index contributed by atoms with van der Waals surface area (Å²) in [5.41, 5.74) is -0.560. The van der Waals surface area contributed by atoms with Gasteiger partial charge in [-0.3, -0.25) is 14.4 Å². The van der Waals surface area contributed by atoms with Crippen LogP contribution < -0.4 is 0 Å². The van der Waals surface area contributed by atoms with Crippen molar-refractivity contribution >= 4 is 35.1 Å². The van der Waals surface area contributed by atoms with E-state index in [1.165, 1.54) is 4.90 Å². The molecule has 4 aliphatic rings. The first-order valence-corrected chi connectivity index (χ1v) is 16.9. The molecule has 48 heavy (non-hydrogen) atoms. The number of likely N-dealkylation sites (tertiary alicyclic amines) is 2. The van der Waals surface area contributed by atoms with Gasteiger partial charge in [0.1, 0.15) is 4.99 Å². The summed E-state index contributed by atoms with van der Waals surface area (Å²) < 4.78 is 69.1. The SMILES string of the molecule is CCOC(=O)C1([C@H]2CN([C@@H](C)c3ccccc3)C(=O)C2(F)F)CC1.CCOC(=O)C1([C@H]2CN([C@@H](C)c3ccccc3)C(=S)C2(F)F)CC1. The van der Waals surface area contributed by atoms with Crippen LogP contribution in [-0.4, -0.2) is 70.8 Å². The highest BCUT2D eigenvalue weighted by atomic mass is 32.1. The summed E-state index contributed by atoms with van der Waals surface area (Å²) in [7, 11) is 0. The molecule has 2 saturated carbocycles. The standard InChI is InChI=1S/C18H21F2NO3.C18H21F2NO2S/c1-3-24-16(23)17(9-10-17)14-11-21(15(22)18(14,19)20)12(2)13-7-5-4-6-8-13;1-3-23-16(22)17(9-10-17)14-11-21(15(24)18(14,19)20)12(2)13-7-5-4-6-8-13/h2*4-8,12,14H,3,9-11H2,1-2H3/t2*12-,14+/m00/s1. The first kappa shape index (κ1) is 35.8. The Balaban J connectivity index is 0.000000188. The second kappa shape index (κ2) is 13.4. The van der Waals surface area contributed by atoms with Crippen molar-refractivity contribution in [3.8, 4) is 0 Å². The maximum absolute atomic E-state index is 14.9. The van der Waals surface area contributed by atoms with Crippen LogP contribution in [0.3, 0.4) is 0 Å². The smallest absolute Gasteiger partial charge is 0.330 e. The van der Waals surface area contributed by atoms with E-state index in [0.717, 1.165) is 11.1 Å². The number of alkyl halides is 4. The van der Waals surface area contributed by atoms with Crippen molar-refractivity contribution in [3.63, 3.8) is 0 Å². The minimum absolute atomic E-state index is 0.0840. The normalized spacial score (nSPS) is 25.4. The molecule has 4 atom stereocenters. The number of carbonyl (C=O) groups excluding carboxylic acids is 3. The number of hydrogen-bond donors (Lipinski definition) is 0. The number of amides is 1. The molecule has 260 valence electrons. The summed E-state index contributed by atoms with van der Waals surface area (Å²) in [5, 5.41) is 0. The maximum Gasteiger partial charge on any atom is 0.330 e. The third-order valence-electron chi connectivity index (χ3n) is 10.5. The molecule has 2 aliphatic heterocycles. The van der Waals surface area contributed by atoms with Crippen LogP contribution in [0.1, 0.15) is 76.6 Å². The lowest BCUT2D eigenvalue weighted by molar-refractivity contribution is -0.164. The van der Waals surface area contributed by atoms with Gasteiger partial charge in [-0.05, 0) is 64.5 Å². The first-order valence-electron chi connectivity index (χ1n) is 16.5. The second-order valence-electron chi connectivity index (χ2n) is 13.2. The molecular weight excluding hydrogens is 648 g/mol. The van der Waals surface area contributed by atoms with E-state index in [-0.39, 0.29) is 37.3 Å². The Kier molecular flexibility index (Phi) is 9.98. The number of rotatable bonds is 10. The fraction of sp³-hybridized carbons (Fsp3) is 0.556. The summed E-state index contributed by atoms with van der Waals surface area (Å²) in [5.74, 6) is -11.4. The van der Waals surface area contributed by atoms with Crippen LogP contribution in [0.5, 0.6) is 0 Å². The molecule has 2 aromatic carbocycles. The van der Waals surface area contributed by atoms with Gasteiger partial charge in [-0.15, -0.1) is 0 Å². The summed E-state index contributed by atoms with van der Waals surface area (Å²) in [4.78, 5) is 39.1. The van der Waals surface area contributed by atoms with Gasteiger partial charge in [0, 0.05) is 13.1 Å². The lowest BCUT2D eigenvalue weighted by atomic mass is 9.85.